The van der Waals surface area contributed by atoms with Gasteiger partial charge in [-0.15, -0.1) is 0 Å². The Labute approximate surface area is 108 Å². The molecule has 0 N–H and O–H groups in total. The van der Waals surface area contributed by atoms with Gasteiger partial charge in [0.25, 0.3) is 0 Å². The lowest BCUT2D eigenvalue weighted by atomic mass is 10.1. The fraction of sp³-hybridized carbons (Fsp3) is 0.143. The zero-order valence-corrected chi connectivity index (χ0v) is 10.9. The van der Waals surface area contributed by atoms with Crippen LogP contribution in [0.3, 0.4) is 0 Å². The van der Waals surface area contributed by atoms with Crippen LogP contribution in [-0.4, -0.2) is 15.8 Å². The Morgan fingerprint density at radius 3 is 2.06 bits per heavy atom. The number of hydrogen-bond acceptors (Lipinski definition) is 3. The summed E-state index contributed by atoms with van der Waals surface area (Å²) in [6.45, 7) is 3.46. The molecule has 2 rings (SSSR count). The summed E-state index contributed by atoms with van der Waals surface area (Å²) in [5.74, 6) is -0.615. The predicted molar refractivity (Wildman–Crippen MR) is 69.4 cm³/mol. The molecule has 3 nitrogen and oxygen atoms in total. The largest absolute Gasteiger partial charge is 0.290 e. The fourth-order valence-electron chi connectivity index (χ4n) is 1.66. The van der Waals surface area contributed by atoms with Gasteiger partial charge in [-0.2, -0.15) is 0 Å². The van der Waals surface area contributed by atoms with Crippen molar-refractivity contribution in [3.05, 3.63) is 52.5 Å². The Hall–Kier alpha value is -1.81. The topological polar surface area (TPSA) is 51.2 Å². The Balaban J connectivity index is 2.45. The van der Waals surface area contributed by atoms with Crippen molar-refractivity contribution in [3.63, 3.8) is 0 Å². The van der Waals surface area contributed by atoms with Gasteiger partial charge in [-0.1, -0.05) is 17.7 Å². The molecule has 18 heavy (non-hydrogen) atoms. The maximum Gasteiger partial charge on any atom is 0.195 e. The van der Waals surface area contributed by atoms with Gasteiger partial charge < -0.3 is 0 Å². The van der Waals surface area contributed by atoms with E-state index in [9.17, 15) is 13.8 Å². The van der Waals surface area contributed by atoms with Gasteiger partial charge in [0.05, 0.1) is 15.7 Å². The van der Waals surface area contributed by atoms with Gasteiger partial charge in [-0.05, 0) is 38.1 Å². The fourth-order valence-corrected chi connectivity index (χ4v) is 2.91. The minimum atomic E-state index is -1.60. The molecule has 1 aliphatic rings. The molecule has 0 saturated heterocycles. The molecule has 4 heteroatoms. The minimum absolute atomic E-state index is 0.0892. The van der Waals surface area contributed by atoms with E-state index in [1.165, 1.54) is 19.1 Å². The van der Waals surface area contributed by atoms with Crippen LogP contribution in [0.4, 0.5) is 0 Å². The van der Waals surface area contributed by atoms with Gasteiger partial charge in [-0.3, -0.25) is 9.59 Å². The van der Waals surface area contributed by atoms with Gasteiger partial charge in [0, 0.05) is 10.5 Å². The van der Waals surface area contributed by atoms with Crippen molar-refractivity contribution in [2.24, 2.45) is 0 Å². The van der Waals surface area contributed by atoms with Gasteiger partial charge in [0.2, 0.25) is 0 Å². The Morgan fingerprint density at radius 1 is 0.889 bits per heavy atom. The molecular weight excluding hydrogens is 248 g/mol. The van der Waals surface area contributed by atoms with E-state index in [0.717, 1.165) is 5.56 Å². The van der Waals surface area contributed by atoms with Gasteiger partial charge in [0.15, 0.2) is 11.6 Å². The number of aryl methyl sites for hydroxylation is 1. The number of carbonyl (C=O) groups excluding carboxylic acids is 2. The van der Waals surface area contributed by atoms with Crippen LogP contribution in [-0.2, 0) is 20.4 Å². The van der Waals surface area contributed by atoms with E-state index in [4.69, 9.17) is 0 Å². The van der Waals surface area contributed by atoms with Crippen molar-refractivity contribution < 1.29 is 13.8 Å². The third-order valence-electron chi connectivity index (χ3n) is 2.74. The summed E-state index contributed by atoms with van der Waals surface area (Å²) < 4.78 is 12.3. The van der Waals surface area contributed by atoms with Crippen LogP contribution in [0.2, 0.25) is 0 Å². The molecule has 0 spiro atoms. The van der Waals surface area contributed by atoms with Crippen LogP contribution in [0, 0.1) is 6.92 Å². The van der Waals surface area contributed by atoms with E-state index in [1.807, 2.05) is 19.1 Å². The second-order valence-electron chi connectivity index (χ2n) is 4.10. The molecule has 0 amide bonds. The number of ketones is 2. The number of carbonyl (C=O) groups is 2. The molecule has 0 aromatic heterocycles. The molecule has 1 atom stereocenters. The van der Waals surface area contributed by atoms with E-state index in [-0.39, 0.29) is 22.0 Å². The first-order chi connectivity index (χ1) is 8.50. The van der Waals surface area contributed by atoms with Crippen LogP contribution >= 0.6 is 0 Å². The highest BCUT2D eigenvalue weighted by atomic mass is 32.2. The maximum absolute atomic E-state index is 12.3. The van der Waals surface area contributed by atoms with E-state index >= 15 is 0 Å². The molecule has 92 valence electrons. The molecule has 1 unspecified atom stereocenters. The van der Waals surface area contributed by atoms with Crippen molar-refractivity contribution in [1.82, 2.24) is 0 Å². The monoisotopic (exact) mass is 260 g/mol. The molecule has 0 saturated carbocycles. The molecule has 0 fully saturated rings. The van der Waals surface area contributed by atoms with Crippen molar-refractivity contribution in [2.75, 3.05) is 0 Å². The van der Waals surface area contributed by atoms with Gasteiger partial charge in [0.1, 0.15) is 0 Å². The zero-order valence-electron chi connectivity index (χ0n) is 10.1. The van der Waals surface area contributed by atoms with E-state index in [2.05, 4.69) is 0 Å². The maximum atomic E-state index is 12.3. The summed E-state index contributed by atoms with van der Waals surface area (Å²) in [5.41, 5.74) is 1.31. The number of allylic oxidation sites excluding steroid dienone is 4. The smallest absolute Gasteiger partial charge is 0.195 e. The van der Waals surface area contributed by atoms with Crippen LogP contribution < -0.4 is 0 Å². The quantitative estimate of drug-likeness (QED) is 0.765. The number of rotatable bonds is 2. The molecule has 0 heterocycles. The summed E-state index contributed by atoms with van der Waals surface area (Å²) >= 11 is 0. The Bertz CT molecular complexity index is 606. The molecule has 1 aliphatic carbocycles. The first kappa shape index (κ1) is 12.6. The molecule has 0 aliphatic heterocycles. The van der Waals surface area contributed by atoms with Crippen molar-refractivity contribution >= 4 is 22.4 Å². The van der Waals surface area contributed by atoms with Crippen LogP contribution in [0.25, 0.3) is 0 Å². The normalized spacial score (nSPS) is 17.2. The first-order valence-corrected chi connectivity index (χ1v) is 6.62. The lowest BCUT2D eigenvalue weighted by Crippen LogP contribution is -2.16. The zero-order chi connectivity index (χ0) is 13.3. The van der Waals surface area contributed by atoms with E-state index in [1.54, 1.807) is 12.1 Å². The van der Waals surface area contributed by atoms with E-state index < -0.39 is 10.8 Å². The predicted octanol–water partition coefficient (Wildman–Crippen LogP) is 2.08. The summed E-state index contributed by atoms with van der Waals surface area (Å²) in [4.78, 5) is 23.9. The molecule has 1 aromatic rings. The SMILES string of the molecule is CC1=C(S(=O)c2ccc(C)cc2)C(=O)C=CC1=O. The molecular formula is C14H12O3S. The summed E-state index contributed by atoms with van der Waals surface area (Å²) in [7, 11) is -1.60. The van der Waals surface area contributed by atoms with E-state index in [0.29, 0.717) is 4.90 Å². The average Bonchev–Trinajstić information content (AvgIpc) is 2.35. The Morgan fingerprint density at radius 2 is 1.44 bits per heavy atom. The standard InChI is InChI=1S/C14H12O3S/c1-9-3-5-11(6-4-9)18(17)14-10(2)12(15)7-8-13(14)16/h3-8H,1-2H3. The van der Waals surface area contributed by atoms with Crippen molar-refractivity contribution in [2.45, 2.75) is 18.7 Å². The number of benzene rings is 1. The molecule has 1 aromatic carbocycles. The summed E-state index contributed by atoms with van der Waals surface area (Å²) in [6, 6.07) is 7.08. The van der Waals surface area contributed by atoms with Gasteiger partial charge in [-0.25, -0.2) is 4.21 Å². The van der Waals surface area contributed by atoms with Crippen LogP contribution in [0.5, 0.6) is 0 Å². The highest BCUT2D eigenvalue weighted by Gasteiger charge is 2.25. The second-order valence-corrected chi connectivity index (χ2v) is 5.51. The highest BCUT2D eigenvalue weighted by Crippen LogP contribution is 2.22. The number of hydrogen-bond donors (Lipinski definition) is 0. The van der Waals surface area contributed by atoms with Crippen LogP contribution in [0.1, 0.15) is 12.5 Å². The third kappa shape index (κ3) is 2.24. The Kier molecular flexibility index (Phi) is 3.39. The molecule has 0 radical (unpaired) electrons. The lowest BCUT2D eigenvalue weighted by Gasteiger charge is -2.11. The summed E-state index contributed by atoms with van der Waals surface area (Å²) in [6.07, 6.45) is 2.39. The van der Waals surface area contributed by atoms with Crippen molar-refractivity contribution in [3.8, 4) is 0 Å². The van der Waals surface area contributed by atoms with Crippen LogP contribution in [0.15, 0.2) is 51.8 Å². The molecule has 0 bridgehead atoms. The summed E-state index contributed by atoms with van der Waals surface area (Å²) in [5, 5.41) is 0. The van der Waals surface area contributed by atoms with Gasteiger partial charge >= 0.3 is 0 Å². The second kappa shape index (κ2) is 4.82. The lowest BCUT2D eigenvalue weighted by molar-refractivity contribution is -0.114. The highest BCUT2D eigenvalue weighted by molar-refractivity contribution is 7.90. The average molecular weight is 260 g/mol. The third-order valence-corrected chi connectivity index (χ3v) is 4.32. The minimum Gasteiger partial charge on any atom is -0.290 e. The first-order valence-electron chi connectivity index (χ1n) is 5.47. The van der Waals surface area contributed by atoms with Crippen molar-refractivity contribution in [1.29, 1.82) is 0 Å².